The Morgan fingerprint density at radius 1 is 1.69 bits per heavy atom. The third kappa shape index (κ3) is 2.35. The number of thiocarbonyl (C=S) groups is 1. The molecule has 0 aromatic carbocycles. The predicted octanol–water partition coefficient (Wildman–Crippen LogP) is 0.936. The topological polar surface area (TPSA) is 55.6 Å². The van der Waals surface area contributed by atoms with Gasteiger partial charge in [0, 0.05) is 20.2 Å². The molecule has 0 aromatic heterocycles. The van der Waals surface area contributed by atoms with Gasteiger partial charge in [-0.2, -0.15) is 0 Å². The van der Waals surface area contributed by atoms with E-state index < -0.39 is 5.41 Å². The second kappa shape index (κ2) is 5.10. The van der Waals surface area contributed by atoms with Gasteiger partial charge in [0.25, 0.3) is 0 Å². The molecule has 92 valence electrons. The monoisotopic (exact) mass is 244 g/mol. The van der Waals surface area contributed by atoms with Gasteiger partial charge in [0.2, 0.25) is 5.91 Å². The molecule has 0 saturated carbocycles. The molecule has 1 saturated heterocycles. The number of ether oxygens (including phenoxy) is 1. The number of rotatable bonds is 4. The molecule has 1 heterocycles. The van der Waals surface area contributed by atoms with Crippen LogP contribution < -0.4 is 5.73 Å². The Labute approximate surface area is 102 Å². The maximum absolute atomic E-state index is 12.3. The van der Waals surface area contributed by atoms with Crippen LogP contribution in [-0.4, -0.2) is 42.1 Å². The van der Waals surface area contributed by atoms with Crippen LogP contribution in [0.15, 0.2) is 0 Å². The van der Waals surface area contributed by atoms with Crippen LogP contribution in [-0.2, 0) is 9.53 Å². The Kier molecular flexibility index (Phi) is 4.27. The highest BCUT2D eigenvalue weighted by Crippen LogP contribution is 2.27. The van der Waals surface area contributed by atoms with Gasteiger partial charge in [-0.1, -0.05) is 19.1 Å². The van der Waals surface area contributed by atoms with Crippen molar-refractivity contribution < 1.29 is 9.53 Å². The first kappa shape index (κ1) is 13.4. The van der Waals surface area contributed by atoms with Gasteiger partial charge in [0.05, 0.1) is 16.5 Å². The highest BCUT2D eigenvalue weighted by atomic mass is 32.1. The Morgan fingerprint density at radius 3 is 2.69 bits per heavy atom. The first-order valence-electron chi connectivity index (χ1n) is 5.57. The van der Waals surface area contributed by atoms with Crippen molar-refractivity contribution in [2.24, 2.45) is 11.1 Å². The van der Waals surface area contributed by atoms with Crippen LogP contribution in [0.3, 0.4) is 0 Å². The highest BCUT2D eigenvalue weighted by molar-refractivity contribution is 7.80. The molecule has 0 radical (unpaired) electrons. The van der Waals surface area contributed by atoms with Crippen LogP contribution in [0.5, 0.6) is 0 Å². The zero-order valence-electron chi connectivity index (χ0n) is 10.2. The molecule has 16 heavy (non-hydrogen) atoms. The van der Waals surface area contributed by atoms with E-state index >= 15 is 0 Å². The van der Waals surface area contributed by atoms with Crippen molar-refractivity contribution in [2.75, 3.05) is 20.2 Å². The number of methoxy groups -OCH3 is 1. The van der Waals surface area contributed by atoms with Gasteiger partial charge >= 0.3 is 0 Å². The minimum absolute atomic E-state index is 0.0297. The number of hydrogen-bond acceptors (Lipinski definition) is 3. The summed E-state index contributed by atoms with van der Waals surface area (Å²) in [5, 5.41) is 0. The molecule has 2 atom stereocenters. The van der Waals surface area contributed by atoms with E-state index in [1.807, 2.05) is 13.8 Å². The maximum Gasteiger partial charge on any atom is 0.235 e. The minimum atomic E-state index is -0.710. The summed E-state index contributed by atoms with van der Waals surface area (Å²) in [6, 6.07) is 0. The van der Waals surface area contributed by atoms with E-state index in [4.69, 9.17) is 22.7 Å². The second-order valence-electron chi connectivity index (χ2n) is 4.45. The quantitative estimate of drug-likeness (QED) is 0.748. The molecule has 1 amide bonds. The molecule has 4 nitrogen and oxygen atoms in total. The fourth-order valence-corrected chi connectivity index (χ4v) is 2.12. The van der Waals surface area contributed by atoms with E-state index in [1.165, 1.54) is 0 Å². The first-order valence-corrected chi connectivity index (χ1v) is 5.98. The number of nitrogens with zero attached hydrogens (tertiary/aromatic N) is 1. The molecule has 5 heteroatoms. The zero-order valence-corrected chi connectivity index (χ0v) is 11.0. The lowest BCUT2D eigenvalue weighted by Crippen LogP contribution is -2.48. The molecular weight excluding hydrogens is 224 g/mol. The van der Waals surface area contributed by atoms with Crippen molar-refractivity contribution in [3.8, 4) is 0 Å². The van der Waals surface area contributed by atoms with Crippen molar-refractivity contribution >= 4 is 23.1 Å². The summed E-state index contributed by atoms with van der Waals surface area (Å²) < 4.78 is 5.24. The van der Waals surface area contributed by atoms with Crippen molar-refractivity contribution in [3.05, 3.63) is 0 Å². The summed E-state index contributed by atoms with van der Waals surface area (Å²) in [5.41, 5.74) is 4.96. The lowest BCUT2D eigenvalue weighted by molar-refractivity contribution is -0.137. The Morgan fingerprint density at radius 2 is 2.31 bits per heavy atom. The van der Waals surface area contributed by atoms with Crippen molar-refractivity contribution in [1.82, 2.24) is 4.90 Å². The van der Waals surface area contributed by atoms with E-state index in [2.05, 4.69) is 0 Å². The van der Waals surface area contributed by atoms with E-state index in [1.54, 1.807) is 12.0 Å². The molecule has 1 aliphatic rings. The Bertz CT molecular complexity index is 296. The van der Waals surface area contributed by atoms with Crippen LogP contribution in [0.4, 0.5) is 0 Å². The number of carbonyl (C=O) groups excluding carboxylic acids is 1. The van der Waals surface area contributed by atoms with Gasteiger partial charge in [-0.15, -0.1) is 0 Å². The first-order chi connectivity index (χ1) is 7.45. The average Bonchev–Trinajstić information content (AvgIpc) is 2.75. The summed E-state index contributed by atoms with van der Waals surface area (Å²) in [4.78, 5) is 14.4. The average molecular weight is 244 g/mol. The summed E-state index contributed by atoms with van der Waals surface area (Å²) in [6.07, 6.45) is 1.67. The normalized spacial score (nSPS) is 24.2. The fourth-order valence-electron chi connectivity index (χ4n) is 1.88. The standard InChI is InChI=1S/C11H20N2O2S/c1-4-11(2,9(12)16)10(14)13-6-5-8(7-13)15-3/h8H,4-7H2,1-3H3,(H2,12,16). The molecule has 0 aliphatic carbocycles. The molecule has 0 aromatic rings. The highest BCUT2D eigenvalue weighted by Gasteiger charge is 2.40. The summed E-state index contributed by atoms with van der Waals surface area (Å²) in [7, 11) is 1.67. The van der Waals surface area contributed by atoms with Gasteiger partial charge in [-0.3, -0.25) is 4.79 Å². The third-order valence-electron chi connectivity index (χ3n) is 3.49. The number of amides is 1. The van der Waals surface area contributed by atoms with Crippen molar-refractivity contribution in [1.29, 1.82) is 0 Å². The van der Waals surface area contributed by atoms with Gasteiger partial charge in [-0.25, -0.2) is 0 Å². The fraction of sp³-hybridized carbons (Fsp3) is 0.818. The lowest BCUT2D eigenvalue weighted by Gasteiger charge is -2.30. The zero-order chi connectivity index (χ0) is 12.3. The molecule has 1 fully saturated rings. The van der Waals surface area contributed by atoms with Crippen molar-refractivity contribution in [3.63, 3.8) is 0 Å². The van der Waals surface area contributed by atoms with Crippen LogP contribution in [0.1, 0.15) is 26.7 Å². The lowest BCUT2D eigenvalue weighted by atomic mass is 9.86. The van der Waals surface area contributed by atoms with E-state index in [0.29, 0.717) is 13.0 Å². The van der Waals surface area contributed by atoms with Crippen LogP contribution >= 0.6 is 12.2 Å². The largest absolute Gasteiger partial charge is 0.392 e. The number of carbonyl (C=O) groups is 1. The van der Waals surface area contributed by atoms with Crippen LogP contribution in [0.25, 0.3) is 0 Å². The SMILES string of the molecule is CCC(C)(C(=O)N1CCC(OC)C1)C(N)=S. The van der Waals surface area contributed by atoms with Gasteiger partial charge in [0.1, 0.15) is 0 Å². The molecule has 2 unspecified atom stereocenters. The molecule has 1 aliphatic heterocycles. The maximum atomic E-state index is 12.3. The van der Waals surface area contributed by atoms with E-state index in [9.17, 15) is 4.79 Å². The molecule has 0 bridgehead atoms. The minimum Gasteiger partial charge on any atom is -0.392 e. The summed E-state index contributed by atoms with van der Waals surface area (Å²) in [5.74, 6) is 0.0297. The molecule has 0 spiro atoms. The summed E-state index contributed by atoms with van der Waals surface area (Å²) >= 11 is 5.00. The molecule has 2 N–H and O–H groups in total. The molecule has 1 rings (SSSR count). The third-order valence-corrected chi connectivity index (χ3v) is 3.94. The number of nitrogens with two attached hydrogens (primary N) is 1. The van der Waals surface area contributed by atoms with E-state index in [-0.39, 0.29) is 17.0 Å². The van der Waals surface area contributed by atoms with Gasteiger partial charge in [0.15, 0.2) is 0 Å². The predicted molar refractivity (Wildman–Crippen MR) is 67.2 cm³/mol. The van der Waals surface area contributed by atoms with Crippen LogP contribution in [0, 0.1) is 5.41 Å². The van der Waals surface area contributed by atoms with E-state index in [0.717, 1.165) is 13.0 Å². The number of likely N-dealkylation sites (tertiary alicyclic amines) is 1. The second-order valence-corrected chi connectivity index (χ2v) is 4.89. The van der Waals surface area contributed by atoms with Crippen molar-refractivity contribution in [2.45, 2.75) is 32.8 Å². The summed E-state index contributed by atoms with van der Waals surface area (Å²) in [6.45, 7) is 5.13. The van der Waals surface area contributed by atoms with Gasteiger partial charge in [-0.05, 0) is 19.8 Å². The van der Waals surface area contributed by atoms with Gasteiger partial charge < -0.3 is 15.4 Å². The smallest absolute Gasteiger partial charge is 0.235 e. The molecular formula is C11H20N2O2S. The Balaban J connectivity index is 2.74. The number of hydrogen-bond donors (Lipinski definition) is 1. The van der Waals surface area contributed by atoms with Crippen LogP contribution in [0.2, 0.25) is 0 Å². The Hall–Kier alpha value is -0.680.